The van der Waals surface area contributed by atoms with Gasteiger partial charge >= 0.3 is 0 Å². The monoisotopic (exact) mass is 264 g/mol. The second-order valence-corrected chi connectivity index (χ2v) is 4.97. The molecular weight excluding hydrogens is 247 g/mol. The maximum absolute atomic E-state index is 12.9. The minimum atomic E-state index is -0.189. The number of benzene rings is 1. The van der Waals surface area contributed by atoms with Gasteiger partial charge in [0.2, 0.25) is 0 Å². The van der Waals surface area contributed by atoms with Crippen molar-refractivity contribution in [1.29, 1.82) is 0 Å². The van der Waals surface area contributed by atoms with Gasteiger partial charge in [0.05, 0.1) is 17.2 Å². The Balaban J connectivity index is 2.07. The quantitative estimate of drug-likeness (QED) is 0.863. The van der Waals surface area contributed by atoms with E-state index >= 15 is 0 Å². The number of aromatic nitrogens is 1. The Kier molecular flexibility index (Phi) is 4.84. The topological polar surface area (TPSA) is 24.9 Å². The second kappa shape index (κ2) is 6.61. The van der Waals surface area contributed by atoms with E-state index in [2.05, 4.69) is 22.6 Å². The van der Waals surface area contributed by atoms with Gasteiger partial charge in [0.25, 0.3) is 0 Å². The lowest BCUT2D eigenvalue weighted by molar-refractivity contribution is 0.519. The number of nitrogens with zero attached hydrogens (tertiary/aromatic N) is 1. The number of halogens is 1. The molecule has 1 atom stereocenters. The van der Waals surface area contributed by atoms with Gasteiger partial charge < -0.3 is 5.32 Å². The fourth-order valence-corrected chi connectivity index (χ4v) is 2.46. The van der Waals surface area contributed by atoms with Crippen LogP contribution in [0.2, 0.25) is 0 Å². The van der Waals surface area contributed by atoms with Crippen LogP contribution in [0.3, 0.4) is 0 Å². The van der Waals surface area contributed by atoms with Crippen molar-refractivity contribution in [1.82, 2.24) is 10.3 Å². The van der Waals surface area contributed by atoms with E-state index in [4.69, 9.17) is 0 Å². The zero-order valence-corrected chi connectivity index (χ0v) is 11.2. The first kappa shape index (κ1) is 13.2. The summed E-state index contributed by atoms with van der Waals surface area (Å²) in [5.74, 6) is -0.189. The lowest BCUT2D eigenvalue weighted by atomic mass is 10.0. The van der Waals surface area contributed by atoms with Crippen LogP contribution < -0.4 is 5.32 Å². The Morgan fingerprint density at radius 1 is 1.33 bits per heavy atom. The fraction of sp³-hybridized carbons (Fsp3) is 0.357. The molecule has 1 unspecified atom stereocenters. The van der Waals surface area contributed by atoms with Gasteiger partial charge in [0, 0.05) is 5.38 Å². The van der Waals surface area contributed by atoms with E-state index in [9.17, 15) is 4.39 Å². The van der Waals surface area contributed by atoms with Gasteiger partial charge in [-0.05, 0) is 37.1 Å². The van der Waals surface area contributed by atoms with Crippen LogP contribution in [0.4, 0.5) is 4.39 Å². The van der Waals surface area contributed by atoms with Gasteiger partial charge in [-0.2, -0.15) is 0 Å². The highest BCUT2D eigenvalue weighted by Crippen LogP contribution is 2.18. The molecule has 1 aromatic carbocycles. The summed E-state index contributed by atoms with van der Waals surface area (Å²) < 4.78 is 12.9. The molecule has 0 spiro atoms. The molecule has 2 rings (SSSR count). The van der Waals surface area contributed by atoms with Crippen LogP contribution >= 0.6 is 11.3 Å². The van der Waals surface area contributed by atoms with Crippen LogP contribution in [0.1, 0.15) is 30.6 Å². The summed E-state index contributed by atoms with van der Waals surface area (Å²) in [6.45, 7) is 3.10. The van der Waals surface area contributed by atoms with Gasteiger partial charge in [-0.15, -0.1) is 11.3 Å². The molecule has 1 N–H and O–H groups in total. The van der Waals surface area contributed by atoms with Crippen molar-refractivity contribution < 1.29 is 4.39 Å². The Morgan fingerprint density at radius 2 is 2.11 bits per heavy atom. The molecule has 0 aliphatic heterocycles. The summed E-state index contributed by atoms with van der Waals surface area (Å²) >= 11 is 1.60. The van der Waals surface area contributed by atoms with Gasteiger partial charge in [0.1, 0.15) is 5.82 Å². The minimum Gasteiger partial charge on any atom is -0.308 e. The van der Waals surface area contributed by atoms with Crippen LogP contribution in [0.5, 0.6) is 0 Å². The molecule has 0 bridgehead atoms. The largest absolute Gasteiger partial charge is 0.308 e. The summed E-state index contributed by atoms with van der Waals surface area (Å²) in [6, 6.07) is 6.90. The number of thiazole rings is 1. The smallest absolute Gasteiger partial charge is 0.123 e. The number of rotatable bonds is 6. The standard InChI is InChI=1S/C14H17FN2S/c1-2-7-16-13(14-9-18-10-17-14)8-11-3-5-12(15)6-4-11/h3-6,9-10,13,16H,2,7-8H2,1H3. The van der Waals surface area contributed by atoms with E-state index in [0.29, 0.717) is 0 Å². The van der Waals surface area contributed by atoms with Crippen molar-refractivity contribution in [2.45, 2.75) is 25.8 Å². The molecule has 2 nitrogen and oxygen atoms in total. The summed E-state index contributed by atoms with van der Waals surface area (Å²) in [4.78, 5) is 4.37. The predicted octanol–water partition coefficient (Wildman–Crippen LogP) is 3.57. The molecule has 0 aliphatic carbocycles. The van der Waals surface area contributed by atoms with Crippen molar-refractivity contribution in [2.75, 3.05) is 6.54 Å². The van der Waals surface area contributed by atoms with Crippen molar-refractivity contribution in [3.05, 3.63) is 52.2 Å². The molecule has 18 heavy (non-hydrogen) atoms. The van der Waals surface area contributed by atoms with Gasteiger partial charge in [-0.3, -0.25) is 0 Å². The van der Waals surface area contributed by atoms with Crippen molar-refractivity contribution in [3.63, 3.8) is 0 Å². The molecule has 0 aliphatic rings. The molecule has 2 aromatic rings. The first-order chi connectivity index (χ1) is 8.79. The lowest BCUT2D eigenvalue weighted by Gasteiger charge is -2.16. The van der Waals surface area contributed by atoms with E-state index in [1.807, 2.05) is 17.6 Å². The normalized spacial score (nSPS) is 12.6. The summed E-state index contributed by atoms with van der Waals surface area (Å²) in [7, 11) is 0. The molecule has 0 amide bonds. The third-order valence-corrected chi connectivity index (χ3v) is 3.41. The summed E-state index contributed by atoms with van der Waals surface area (Å²) in [5, 5.41) is 5.55. The highest BCUT2D eigenvalue weighted by Gasteiger charge is 2.13. The Hall–Kier alpha value is -1.26. The molecule has 0 saturated carbocycles. The van der Waals surface area contributed by atoms with Crippen LogP contribution in [0.15, 0.2) is 35.2 Å². The highest BCUT2D eigenvalue weighted by molar-refractivity contribution is 7.07. The molecule has 96 valence electrons. The Bertz CT molecular complexity index is 453. The highest BCUT2D eigenvalue weighted by atomic mass is 32.1. The average molecular weight is 264 g/mol. The maximum atomic E-state index is 12.9. The van der Waals surface area contributed by atoms with Crippen molar-refractivity contribution in [2.24, 2.45) is 0 Å². The third-order valence-electron chi connectivity index (χ3n) is 2.80. The third kappa shape index (κ3) is 3.62. The Labute approximate surface area is 111 Å². The van der Waals surface area contributed by atoms with Crippen LogP contribution in [0.25, 0.3) is 0 Å². The number of nitrogens with one attached hydrogen (secondary N) is 1. The molecular formula is C14H17FN2S. The van der Waals surface area contributed by atoms with E-state index in [1.54, 1.807) is 11.3 Å². The molecule has 4 heteroatoms. The SMILES string of the molecule is CCCNC(Cc1ccc(F)cc1)c1cscn1. The molecule has 0 saturated heterocycles. The molecule has 1 heterocycles. The number of hydrogen-bond acceptors (Lipinski definition) is 3. The van der Waals surface area contributed by atoms with E-state index in [0.717, 1.165) is 30.6 Å². The van der Waals surface area contributed by atoms with E-state index in [-0.39, 0.29) is 11.9 Å². The molecule has 1 aromatic heterocycles. The number of hydrogen-bond donors (Lipinski definition) is 1. The van der Waals surface area contributed by atoms with E-state index < -0.39 is 0 Å². The van der Waals surface area contributed by atoms with Crippen LogP contribution in [-0.4, -0.2) is 11.5 Å². The molecule has 0 radical (unpaired) electrons. The lowest BCUT2D eigenvalue weighted by Crippen LogP contribution is -2.24. The van der Waals surface area contributed by atoms with Gasteiger partial charge in [0.15, 0.2) is 0 Å². The zero-order chi connectivity index (χ0) is 12.8. The van der Waals surface area contributed by atoms with Crippen molar-refractivity contribution in [3.8, 4) is 0 Å². The second-order valence-electron chi connectivity index (χ2n) is 4.25. The van der Waals surface area contributed by atoms with Crippen LogP contribution in [0, 0.1) is 5.82 Å². The van der Waals surface area contributed by atoms with E-state index in [1.165, 1.54) is 12.1 Å². The van der Waals surface area contributed by atoms with Crippen LogP contribution in [-0.2, 0) is 6.42 Å². The van der Waals surface area contributed by atoms with Crippen molar-refractivity contribution >= 4 is 11.3 Å². The molecule has 0 fully saturated rings. The fourth-order valence-electron chi connectivity index (χ4n) is 1.85. The maximum Gasteiger partial charge on any atom is 0.123 e. The van der Waals surface area contributed by atoms with Gasteiger partial charge in [-0.25, -0.2) is 9.37 Å². The first-order valence-electron chi connectivity index (χ1n) is 6.15. The summed E-state index contributed by atoms with van der Waals surface area (Å²) in [6.07, 6.45) is 1.92. The minimum absolute atomic E-state index is 0.189. The summed E-state index contributed by atoms with van der Waals surface area (Å²) in [5.41, 5.74) is 4.04. The predicted molar refractivity (Wildman–Crippen MR) is 73.3 cm³/mol. The zero-order valence-electron chi connectivity index (χ0n) is 10.4. The van der Waals surface area contributed by atoms with Gasteiger partial charge in [-0.1, -0.05) is 19.1 Å². The average Bonchev–Trinajstić information content (AvgIpc) is 2.90. The Morgan fingerprint density at radius 3 is 2.72 bits per heavy atom. The first-order valence-corrected chi connectivity index (χ1v) is 7.09.